The van der Waals surface area contributed by atoms with Crippen LogP contribution in [0.5, 0.6) is 0 Å². The molecule has 0 aliphatic carbocycles. The van der Waals surface area contributed by atoms with Crippen LogP contribution in [0.1, 0.15) is 43.0 Å². The lowest BCUT2D eigenvalue weighted by Crippen LogP contribution is -2.43. The molecule has 1 atom stereocenters. The van der Waals surface area contributed by atoms with Crippen molar-refractivity contribution in [2.75, 3.05) is 31.6 Å². The van der Waals surface area contributed by atoms with Gasteiger partial charge in [-0.3, -0.25) is 9.59 Å². The van der Waals surface area contributed by atoms with Crippen LogP contribution in [0.25, 0.3) is 0 Å². The Labute approximate surface area is 149 Å². The van der Waals surface area contributed by atoms with Crippen molar-refractivity contribution in [2.45, 2.75) is 38.8 Å². The van der Waals surface area contributed by atoms with Crippen molar-refractivity contribution < 1.29 is 14.0 Å². The predicted molar refractivity (Wildman–Crippen MR) is 97.3 cm³/mol. The van der Waals surface area contributed by atoms with Gasteiger partial charge in [0.2, 0.25) is 0 Å². The van der Waals surface area contributed by atoms with Crippen molar-refractivity contribution >= 4 is 17.5 Å². The van der Waals surface area contributed by atoms with E-state index in [1.54, 1.807) is 4.90 Å². The first-order valence-corrected chi connectivity index (χ1v) is 8.98. The first-order chi connectivity index (χ1) is 11.9. The van der Waals surface area contributed by atoms with Gasteiger partial charge in [-0.1, -0.05) is 13.3 Å². The Balaban J connectivity index is 1.92. The van der Waals surface area contributed by atoms with Gasteiger partial charge in [0.05, 0.1) is 0 Å². The molecule has 1 aromatic carbocycles. The van der Waals surface area contributed by atoms with E-state index >= 15 is 0 Å². The minimum absolute atomic E-state index is 0.0457. The number of halogens is 1. The van der Waals surface area contributed by atoms with E-state index in [1.807, 2.05) is 31.3 Å². The Hall–Kier alpha value is -2.11. The van der Waals surface area contributed by atoms with Crippen molar-refractivity contribution in [3.8, 4) is 0 Å². The summed E-state index contributed by atoms with van der Waals surface area (Å²) < 4.78 is 13.7. The van der Waals surface area contributed by atoms with E-state index in [1.165, 1.54) is 0 Å². The van der Waals surface area contributed by atoms with Crippen LogP contribution in [-0.2, 0) is 4.79 Å². The number of nitrogens with zero attached hydrogens (tertiary/aromatic N) is 2. The molecule has 0 spiro atoms. The van der Waals surface area contributed by atoms with Gasteiger partial charge in [0.1, 0.15) is 0 Å². The van der Waals surface area contributed by atoms with Crippen LogP contribution in [-0.4, -0.2) is 49.6 Å². The zero-order valence-electron chi connectivity index (χ0n) is 15.1. The first-order valence-electron chi connectivity index (χ1n) is 8.98. The third-order valence-electron chi connectivity index (χ3n) is 4.91. The molecule has 2 rings (SSSR count). The van der Waals surface area contributed by atoms with Gasteiger partial charge in [-0.25, -0.2) is 4.39 Å². The molecule has 1 saturated heterocycles. The van der Waals surface area contributed by atoms with Crippen molar-refractivity contribution in [1.29, 1.82) is 0 Å². The molecule has 1 unspecified atom stereocenters. The summed E-state index contributed by atoms with van der Waals surface area (Å²) in [4.78, 5) is 27.4. The van der Waals surface area contributed by atoms with E-state index in [2.05, 4.69) is 11.8 Å². The summed E-state index contributed by atoms with van der Waals surface area (Å²) in [5.41, 5.74) is 6.75. The highest BCUT2D eigenvalue weighted by Gasteiger charge is 2.31. The molecule has 0 bridgehead atoms. The summed E-state index contributed by atoms with van der Waals surface area (Å²) >= 11 is 0. The number of nitrogens with two attached hydrogens (primary N) is 1. The number of carbonyl (C=O) groups is 2. The Morgan fingerprint density at radius 3 is 2.40 bits per heavy atom. The Morgan fingerprint density at radius 1 is 1.28 bits per heavy atom. The second-order valence-corrected chi connectivity index (χ2v) is 6.76. The van der Waals surface area contributed by atoms with Crippen molar-refractivity contribution in [3.05, 3.63) is 29.8 Å². The molecule has 2 N–H and O–H groups in total. The molecule has 1 aliphatic rings. The molecule has 5 nitrogen and oxygen atoms in total. The molecule has 1 aromatic rings. The number of amides is 2. The lowest BCUT2D eigenvalue weighted by Gasteiger charge is -2.32. The van der Waals surface area contributed by atoms with Crippen LogP contribution in [0.3, 0.4) is 0 Å². The largest absolute Gasteiger partial charge is 0.375 e. The van der Waals surface area contributed by atoms with Crippen molar-refractivity contribution in [2.24, 2.45) is 11.7 Å². The summed E-state index contributed by atoms with van der Waals surface area (Å²) in [6.07, 6.45) is 1.59. The molecule has 1 heterocycles. The fourth-order valence-electron chi connectivity index (χ4n) is 3.19. The highest BCUT2D eigenvalue weighted by atomic mass is 19.1. The summed E-state index contributed by atoms with van der Waals surface area (Å²) in [6.45, 7) is 4.06. The van der Waals surface area contributed by atoms with E-state index in [0.29, 0.717) is 31.5 Å². The number of primary amides is 1. The normalized spacial score (nSPS) is 16.5. The minimum atomic E-state index is -1.62. The van der Waals surface area contributed by atoms with E-state index in [0.717, 1.165) is 25.1 Å². The fourth-order valence-corrected chi connectivity index (χ4v) is 3.19. The molecule has 138 valence electrons. The monoisotopic (exact) mass is 349 g/mol. The van der Waals surface area contributed by atoms with Gasteiger partial charge in [0.25, 0.3) is 11.8 Å². The van der Waals surface area contributed by atoms with Crippen LogP contribution in [0.4, 0.5) is 10.1 Å². The van der Waals surface area contributed by atoms with Gasteiger partial charge in [-0.05, 0) is 43.5 Å². The van der Waals surface area contributed by atoms with Gasteiger partial charge < -0.3 is 15.5 Å². The average molecular weight is 349 g/mol. The SMILES string of the molecule is CCCCN(C)c1ccc(C(=O)N2CCC(C(F)C(N)=O)CC2)cc1. The Morgan fingerprint density at radius 2 is 1.88 bits per heavy atom. The number of rotatable bonds is 7. The Kier molecular flexibility index (Phi) is 6.79. The quantitative estimate of drug-likeness (QED) is 0.823. The standard InChI is InChI=1S/C19H28FN3O2/c1-3-4-11-22(2)16-7-5-15(6-8-16)19(25)23-12-9-14(10-13-23)17(20)18(21)24/h5-8,14,17H,3-4,9-13H2,1-2H3,(H2,21,24). The van der Waals surface area contributed by atoms with Crippen LogP contribution in [0, 0.1) is 5.92 Å². The second kappa shape index (κ2) is 8.83. The summed E-state index contributed by atoms with van der Waals surface area (Å²) in [5, 5.41) is 0. The van der Waals surface area contributed by atoms with Gasteiger partial charge in [-0.15, -0.1) is 0 Å². The maximum atomic E-state index is 13.7. The molecule has 0 aromatic heterocycles. The number of hydrogen-bond donors (Lipinski definition) is 1. The van der Waals surface area contributed by atoms with E-state index in [9.17, 15) is 14.0 Å². The van der Waals surface area contributed by atoms with E-state index < -0.39 is 12.1 Å². The first kappa shape index (κ1) is 19.2. The lowest BCUT2D eigenvalue weighted by molar-refractivity contribution is -0.125. The van der Waals surface area contributed by atoms with Crippen LogP contribution >= 0.6 is 0 Å². The van der Waals surface area contributed by atoms with Crippen LogP contribution < -0.4 is 10.6 Å². The highest BCUT2D eigenvalue weighted by Crippen LogP contribution is 2.24. The number of benzene rings is 1. The predicted octanol–water partition coefficient (Wildman–Crippen LogP) is 2.60. The molecule has 1 fully saturated rings. The minimum Gasteiger partial charge on any atom is -0.375 e. The number of carbonyl (C=O) groups excluding carboxylic acids is 2. The third-order valence-corrected chi connectivity index (χ3v) is 4.91. The second-order valence-electron chi connectivity index (χ2n) is 6.76. The number of anilines is 1. The van der Waals surface area contributed by atoms with E-state index in [-0.39, 0.29) is 11.8 Å². The summed E-state index contributed by atoms with van der Waals surface area (Å²) in [7, 11) is 2.05. The highest BCUT2D eigenvalue weighted by molar-refractivity contribution is 5.94. The molecular weight excluding hydrogens is 321 g/mol. The Bertz CT molecular complexity index is 583. The van der Waals surface area contributed by atoms with Gasteiger partial charge >= 0.3 is 0 Å². The molecule has 2 amide bonds. The lowest BCUT2D eigenvalue weighted by atomic mass is 9.91. The third kappa shape index (κ3) is 4.94. The van der Waals surface area contributed by atoms with Gasteiger partial charge in [0.15, 0.2) is 6.17 Å². The fraction of sp³-hybridized carbons (Fsp3) is 0.579. The molecule has 6 heteroatoms. The number of alkyl halides is 1. The zero-order valence-corrected chi connectivity index (χ0v) is 15.1. The van der Waals surface area contributed by atoms with Crippen LogP contribution in [0.15, 0.2) is 24.3 Å². The average Bonchev–Trinajstić information content (AvgIpc) is 2.65. The summed E-state index contributed by atoms with van der Waals surface area (Å²) in [6, 6.07) is 7.60. The molecule has 0 radical (unpaired) electrons. The summed E-state index contributed by atoms with van der Waals surface area (Å²) in [5.74, 6) is -1.33. The number of piperidine rings is 1. The van der Waals surface area contributed by atoms with Gasteiger partial charge in [-0.2, -0.15) is 0 Å². The number of unbranched alkanes of at least 4 members (excludes halogenated alkanes) is 1. The maximum absolute atomic E-state index is 13.7. The number of hydrogen-bond acceptors (Lipinski definition) is 3. The van der Waals surface area contributed by atoms with Crippen LogP contribution in [0.2, 0.25) is 0 Å². The maximum Gasteiger partial charge on any atom is 0.253 e. The van der Waals surface area contributed by atoms with Crippen molar-refractivity contribution in [3.63, 3.8) is 0 Å². The molecule has 25 heavy (non-hydrogen) atoms. The smallest absolute Gasteiger partial charge is 0.253 e. The van der Waals surface area contributed by atoms with Gasteiger partial charge in [0, 0.05) is 43.9 Å². The molecular formula is C19H28FN3O2. The molecule has 1 aliphatic heterocycles. The van der Waals surface area contributed by atoms with E-state index in [4.69, 9.17) is 5.73 Å². The zero-order chi connectivity index (χ0) is 18.4. The molecule has 0 saturated carbocycles. The van der Waals surface area contributed by atoms with Crippen molar-refractivity contribution in [1.82, 2.24) is 4.90 Å². The number of likely N-dealkylation sites (tertiary alicyclic amines) is 1. The topological polar surface area (TPSA) is 66.6 Å².